The maximum atomic E-state index is 10.8. The van der Waals surface area contributed by atoms with Gasteiger partial charge in [-0.25, -0.2) is 0 Å². The maximum absolute atomic E-state index is 10.8. The second-order valence-corrected chi connectivity index (χ2v) is 5.40. The first-order valence-electron chi connectivity index (χ1n) is 4.31. The Bertz CT molecular complexity index is 253. The Morgan fingerprint density at radius 3 is 2.23 bits per heavy atom. The van der Waals surface area contributed by atoms with Gasteiger partial charge in [0.25, 0.3) is 10.1 Å². The number of hydrogen-bond donors (Lipinski definition) is 0. The second kappa shape index (κ2) is 3.94. The van der Waals surface area contributed by atoms with Crippen molar-refractivity contribution in [1.82, 2.24) is 0 Å². The third kappa shape index (κ3) is 3.25. The molecule has 13 heavy (non-hydrogen) atoms. The van der Waals surface area contributed by atoms with Crippen LogP contribution in [0.25, 0.3) is 0 Å². The van der Waals surface area contributed by atoms with Gasteiger partial charge in [0, 0.05) is 12.5 Å². The minimum atomic E-state index is -3.31. The van der Waals surface area contributed by atoms with Crippen LogP contribution < -0.4 is 0 Å². The van der Waals surface area contributed by atoms with E-state index >= 15 is 0 Å². The summed E-state index contributed by atoms with van der Waals surface area (Å²) in [7, 11) is -1.68. The van der Waals surface area contributed by atoms with Crippen LogP contribution in [0.15, 0.2) is 0 Å². The molecule has 0 atom stereocenters. The zero-order valence-corrected chi connectivity index (χ0v) is 8.89. The lowest BCUT2D eigenvalue weighted by Crippen LogP contribution is -2.39. The zero-order chi connectivity index (χ0) is 9.95. The molecule has 1 aliphatic rings. The summed E-state index contributed by atoms with van der Waals surface area (Å²) in [4.78, 5) is 0. The molecule has 0 aromatic carbocycles. The Balaban J connectivity index is 2.41. The van der Waals surface area contributed by atoms with Crippen molar-refractivity contribution < 1.29 is 17.3 Å². The van der Waals surface area contributed by atoms with E-state index in [0.717, 1.165) is 25.5 Å². The summed E-state index contributed by atoms with van der Waals surface area (Å²) < 4.78 is 31.3. The van der Waals surface area contributed by atoms with Gasteiger partial charge in [0.2, 0.25) is 0 Å². The molecule has 0 unspecified atom stereocenters. The predicted octanol–water partition coefficient (Wildman–Crippen LogP) is 0.779. The summed E-state index contributed by atoms with van der Waals surface area (Å²) in [6.07, 6.45) is 4.20. The van der Waals surface area contributed by atoms with E-state index < -0.39 is 10.1 Å². The van der Waals surface area contributed by atoms with Gasteiger partial charge in [-0.2, -0.15) is 8.42 Å². The highest BCUT2D eigenvalue weighted by Gasteiger charge is 2.38. The van der Waals surface area contributed by atoms with Gasteiger partial charge in [0.1, 0.15) is 0 Å². The fourth-order valence-electron chi connectivity index (χ4n) is 1.55. The topological polar surface area (TPSA) is 52.6 Å². The third-order valence-corrected chi connectivity index (χ3v) is 2.99. The standard InChI is InChI=1S/C8H16O4S/c1-11-6-8(4-3-5-8)7-12-13(2,9)10/h3-7H2,1-2H3. The van der Waals surface area contributed by atoms with E-state index in [1.54, 1.807) is 7.11 Å². The van der Waals surface area contributed by atoms with Crippen molar-refractivity contribution in [3.05, 3.63) is 0 Å². The molecule has 0 N–H and O–H groups in total. The highest BCUT2D eigenvalue weighted by atomic mass is 32.2. The molecule has 5 heteroatoms. The van der Waals surface area contributed by atoms with Crippen LogP contribution in [0.1, 0.15) is 19.3 Å². The zero-order valence-electron chi connectivity index (χ0n) is 8.08. The van der Waals surface area contributed by atoms with Crippen LogP contribution in [0.5, 0.6) is 0 Å². The Hall–Kier alpha value is -0.130. The van der Waals surface area contributed by atoms with Crippen molar-refractivity contribution in [2.24, 2.45) is 5.41 Å². The van der Waals surface area contributed by atoms with Crippen molar-refractivity contribution in [2.75, 3.05) is 26.6 Å². The average Bonchev–Trinajstić information content (AvgIpc) is 1.92. The molecule has 4 nitrogen and oxygen atoms in total. The molecule has 0 aromatic rings. The molecule has 1 aliphatic carbocycles. The van der Waals surface area contributed by atoms with Gasteiger partial charge in [-0.15, -0.1) is 0 Å². The van der Waals surface area contributed by atoms with Gasteiger partial charge in [0.15, 0.2) is 0 Å². The molecule has 0 spiro atoms. The Morgan fingerprint density at radius 2 is 1.92 bits per heavy atom. The molecule has 0 aliphatic heterocycles. The van der Waals surface area contributed by atoms with Gasteiger partial charge < -0.3 is 4.74 Å². The molecule has 78 valence electrons. The second-order valence-electron chi connectivity index (χ2n) is 3.75. The molecule has 0 amide bonds. The molecule has 1 rings (SSSR count). The number of methoxy groups -OCH3 is 1. The van der Waals surface area contributed by atoms with Crippen molar-refractivity contribution in [3.63, 3.8) is 0 Å². The SMILES string of the molecule is COCC1(COS(C)(=O)=O)CCC1. The summed E-state index contributed by atoms with van der Waals surface area (Å²) in [5, 5.41) is 0. The largest absolute Gasteiger partial charge is 0.384 e. The lowest BCUT2D eigenvalue weighted by Gasteiger charge is -2.40. The van der Waals surface area contributed by atoms with Crippen LogP contribution >= 0.6 is 0 Å². The first-order chi connectivity index (χ1) is 5.97. The van der Waals surface area contributed by atoms with Crippen molar-refractivity contribution in [2.45, 2.75) is 19.3 Å². The molecule has 0 aromatic heterocycles. The van der Waals surface area contributed by atoms with Crippen LogP contribution in [0.4, 0.5) is 0 Å². The lowest BCUT2D eigenvalue weighted by molar-refractivity contribution is -0.0166. The predicted molar refractivity (Wildman–Crippen MR) is 49.0 cm³/mol. The first-order valence-corrected chi connectivity index (χ1v) is 6.12. The highest BCUT2D eigenvalue weighted by molar-refractivity contribution is 7.85. The van der Waals surface area contributed by atoms with E-state index in [2.05, 4.69) is 0 Å². The number of rotatable bonds is 5. The van der Waals surface area contributed by atoms with Gasteiger partial charge in [-0.3, -0.25) is 4.18 Å². The third-order valence-electron chi connectivity index (χ3n) is 2.44. The van der Waals surface area contributed by atoms with Crippen LogP contribution in [0.2, 0.25) is 0 Å². The fourth-order valence-corrected chi connectivity index (χ4v) is 2.01. The molecule has 0 bridgehead atoms. The van der Waals surface area contributed by atoms with Crippen molar-refractivity contribution in [3.8, 4) is 0 Å². The smallest absolute Gasteiger partial charge is 0.264 e. The average molecular weight is 208 g/mol. The summed E-state index contributed by atoms with van der Waals surface area (Å²) in [6.45, 7) is 0.849. The van der Waals surface area contributed by atoms with Crippen molar-refractivity contribution in [1.29, 1.82) is 0 Å². The fraction of sp³-hybridized carbons (Fsp3) is 1.00. The molecule has 0 heterocycles. The van der Waals surface area contributed by atoms with Crippen LogP contribution in [-0.4, -0.2) is 35.0 Å². The minimum Gasteiger partial charge on any atom is -0.384 e. The van der Waals surface area contributed by atoms with Gasteiger partial charge in [-0.05, 0) is 12.8 Å². The molecule has 0 saturated heterocycles. The van der Waals surface area contributed by atoms with E-state index in [1.807, 2.05) is 0 Å². The van der Waals surface area contributed by atoms with Gasteiger partial charge in [0.05, 0.1) is 19.5 Å². The van der Waals surface area contributed by atoms with E-state index in [4.69, 9.17) is 8.92 Å². The first kappa shape index (κ1) is 10.9. The lowest BCUT2D eigenvalue weighted by atomic mass is 9.70. The van der Waals surface area contributed by atoms with Crippen LogP contribution in [0, 0.1) is 5.41 Å². The van der Waals surface area contributed by atoms with Crippen LogP contribution in [-0.2, 0) is 19.0 Å². The monoisotopic (exact) mass is 208 g/mol. The summed E-state index contributed by atoms with van der Waals surface area (Å²) in [5.74, 6) is 0. The maximum Gasteiger partial charge on any atom is 0.264 e. The highest BCUT2D eigenvalue weighted by Crippen LogP contribution is 2.41. The van der Waals surface area contributed by atoms with E-state index in [1.165, 1.54) is 0 Å². The Morgan fingerprint density at radius 1 is 1.31 bits per heavy atom. The number of ether oxygens (including phenoxy) is 1. The summed E-state index contributed by atoms with van der Waals surface area (Å²) in [6, 6.07) is 0. The molecular weight excluding hydrogens is 192 g/mol. The Labute approximate surface area is 79.3 Å². The quantitative estimate of drug-likeness (QED) is 0.626. The normalized spacial score (nSPS) is 21.1. The number of hydrogen-bond acceptors (Lipinski definition) is 4. The van der Waals surface area contributed by atoms with E-state index in [-0.39, 0.29) is 12.0 Å². The van der Waals surface area contributed by atoms with E-state index in [9.17, 15) is 8.42 Å². The molecule has 1 saturated carbocycles. The van der Waals surface area contributed by atoms with Crippen LogP contribution in [0.3, 0.4) is 0 Å². The van der Waals surface area contributed by atoms with Crippen molar-refractivity contribution >= 4 is 10.1 Å². The summed E-state index contributed by atoms with van der Waals surface area (Å²) >= 11 is 0. The van der Waals surface area contributed by atoms with E-state index in [0.29, 0.717) is 6.61 Å². The molecule has 0 radical (unpaired) electrons. The molecular formula is C8H16O4S. The minimum absolute atomic E-state index is 0.0438. The summed E-state index contributed by atoms with van der Waals surface area (Å²) in [5.41, 5.74) is -0.0438. The van der Waals surface area contributed by atoms with Gasteiger partial charge >= 0.3 is 0 Å². The molecule has 1 fully saturated rings. The van der Waals surface area contributed by atoms with Gasteiger partial charge in [-0.1, -0.05) is 6.42 Å². The Kier molecular flexibility index (Phi) is 3.32.